The van der Waals surface area contributed by atoms with E-state index < -0.39 is 23.5 Å². The van der Waals surface area contributed by atoms with E-state index in [4.69, 9.17) is 11.6 Å². The third-order valence-corrected chi connectivity index (χ3v) is 4.25. The van der Waals surface area contributed by atoms with Gasteiger partial charge < -0.3 is 5.32 Å². The lowest BCUT2D eigenvalue weighted by Crippen LogP contribution is -2.15. The molecule has 3 nitrogen and oxygen atoms in total. The Morgan fingerprint density at radius 3 is 2.42 bits per heavy atom. The van der Waals surface area contributed by atoms with Crippen molar-refractivity contribution in [3.8, 4) is 0 Å². The number of alkyl halides is 3. The van der Waals surface area contributed by atoms with Crippen LogP contribution in [0.2, 0.25) is 4.34 Å². The minimum atomic E-state index is -4.86. The molecule has 2 rings (SSSR count). The van der Waals surface area contributed by atoms with Crippen LogP contribution in [0, 0.1) is 5.82 Å². The zero-order chi connectivity index (χ0) is 17.9. The molecule has 0 saturated heterocycles. The molecule has 0 saturated carbocycles. The van der Waals surface area contributed by atoms with Crippen LogP contribution in [0.15, 0.2) is 30.3 Å². The summed E-state index contributed by atoms with van der Waals surface area (Å²) in [6.07, 6.45) is -5.19. The van der Waals surface area contributed by atoms with E-state index in [1.807, 2.05) is 0 Å². The van der Waals surface area contributed by atoms with Crippen LogP contribution in [0.3, 0.4) is 0 Å². The van der Waals surface area contributed by atoms with Crippen molar-refractivity contribution in [2.45, 2.75) is 19.0 Å². The zero-order valence-corrected chi connectivity index (χ0v) is 13.5. The van der Waals surface area contributed by atoms with Gasteiger partial charge in [0.15, 0.2) is 5.78 Å². The second-order valence-corrected chi connectivity index (χ2v) is 6.48. The fourth-order valence-corrected chi connectivity index (χ4v) is 2.87. The van der Waals surface area contributed by atoms with Crippen LogP contribution in [0.4, 0.5) is 23.2 Å². The van der Waals surface area contributed by atoms with Gasteiger partial charge in [-0.3, -0.25) is 9.59 Å². The topological polar surface area (TPSA) is 46.2 Å². The summed E-state index contributed by atoms with van der Waals surface area (Å²) in [5.74, 6) is -2.37. The molecule has 0 bridgehead atoms. The summed E-state index contributed by atoms with van der Waals surface area (Å²) in [4.78, 5) is 24.0. The van der Waals surface area contributed by atoms with E-state index in [0.717, 1.165) is 17.4 Å². The van der Waals surface area contributed by atoms with Crippen molar-refractivity contribution in [2.75, 3.05) is 5.32 Å². The van der Waals surface area contributed by atoms with Gasteiger partial charge in [-0.05, 0) is 30.3 Å². The number of rotatable bonds is 5. The van der Waals surface area contributed by atoms with E-state index in [2.05, 4.69) is 5.32 Å². The minimum absolute atomic E-state index is 0.115. The summed E-state index contributed by atoms with van der Waals surface area (Å²) in [5, 5.41) is 2.21. The fourth-order valence-electron chi connectivity index (χ4n) is 1.86. The van der Waals surface area contributed by atoms with Gasteiger partial charge in [0.05, 0.1) is 14.8 Å². The molecule has 1 aromatic heterocycles. The molecule has 0 fully saturated rings. The van der Waals surface area contributed by atoms with Crippen molar-refractivity contribution in [1.29, 1.82) is 0 Å². The van der Waals surface area contributed by atoms with Crippen LogP contribution >= 0.6 is 22.9 Å². The number of hydrogen-bond donors (Lipinski definition) is 1. The van der Waals surface area contributed by atoms with E-state index in [9.17, 15) is 27.2 Å². The highest BCUT2D eigenvalue weighted by Crippen LogP contribution is 2.33. The molecule has 0 aliphatic carbocycles. The predicted molar refractivity (Wildman–Crippen MR) is 82.9 cm³/mol. The summed E-state index contributed by atoms with van der Waals surface area (Å²) in [6, 6.07) is 5.23. The van der Waals surface area contributed by atoms with Crippen LogP contribution < -0.4 is 5.32 Å². The van der Waals surface area contributed by atoms with Gasteiger partial charge in [-0.25, -0.2) is 4.39 Å². The van der Waals surface area contributed by atoms with Gasteiger partial charge in [0.1, 0.15) is 5.82 Å². The smallest absolute Gasteiger partial charge is 0.326 e. The molecule has 0 radical (unpaired) electrons. The number of Topliss-reactive ketones (excluding diaryl/α,β-unsaturated/α-hetero) is 1. The van der Waals surface area contributed by atoms with E-state index >= 15 is 0 Å². The average molecular weight is 380 g/mol. The molecular weight excluding hydrogens is 370 g/mol. The number of nitrogens with one attached hydrogen (secondary N) is 1. The number of carbonyl (C=O) groups is 2. The lowest BCUT2D eigenvalue weighted by molar-refractivity contribution is -0.140. The Kier molecular flexibility index (Phi) is 5.61. The molecule has 2 aromatic rings. The Balaban J connectivity index is 1.96. The molecule has 0 spiro atoms. The van der Waals surface area contributed by atoms with Crippen molar-refractivity contribution >= 4 is 40.3 Å². The van der Waals surface area contributed by atoms with Gasteiger partial charge in [-0.1, -0.05) is 11.6 Å². The lowest BCUT2D eigenvalue weighted by Gasteiger charge is -2.11. The van der Waals surface area contributed by atoms with E-state index in [-0.39, 0.29) is 24.3 Å². The van der Waals surface area contributed by atoms with Crippen LogP contribution in [-0.4, -0.2) is 11.7 Å². The number of anilines is 1. The zero-order valence-electron chi connectivity index (χ0n) is 11.9. The third kappa shape index (κ3) is 4.78. The number of carbonyl (C=O) groups excluding carboxylic acids is 2. The Labute approximate surface area is 143 Å². The fraction of sp³-hybridized carbons (Fsp3) is 0.200. The van der Waals surface area contributed by atoms with Gasteiger partial charge in [0.2, 0.25) is 5.91 Å². The first-order chi connectivity index (χ1) is 11.2. The van der Waals surface area contributed by atoms with Gasteiger partial charge in [-0.15, -0.1) is 11.3 Å². The highest BCUT2D eigenvalue weighted by Gasteiger charge is 2.34. The van der Waals surface area contributed by atoms with Crippen molar-refractivity contribution in [3.63, 3.8) is 0 Å². The number of amides is 1. The number of ketones is 1. The van der Waals surface area contributed by atoms with Crippen molar-refractivity contribution in [1.82, 2.24) is 0 Å². The van der Waals surface area contributed by atoms with Crippen LogP contribution in [-0.2, 0) is 11.0 Å². The Bertz CT molecular complexity index is 773. The first-order valence-corrected chi connectivity index (χ1v) is 7.81. The molecule has 0 atom stereocenters. The molecule has 0 unspecified atom stereocenters. The molecule has 9 heteroatoms. The third-order valence-electron chi connectivity index (χ3n) is 2.98. The maximum absolute atomic E-state index is 13.2. The number of halogens is 5. The van der Waals surface area contributed by atoms with Crippen molar-refractivity contribution in [3.05, 3.63) is 50.9 Å². The summed E-state index contributed by atoms with van der Waals surface area (Å²) >= 11 is 6.78. The molecule has 1 aromatic carbocycles. The standard InChI is InChI=1S/C15H10ClF4NO2S/c16-13-5-4-12(24-13)11(22)3-6-14(23)21-8-1-2-10(17)9(7-8)15(18,19)20/h1-2,4-5,7H,3,6H2,(H,21,23). The summed E-state index contributed by atoms with van der Waals surface area (Å²) in [6.45, 7) is 0. The van der Waals surface area contributed by atoms with Gasteiger partial charge in [-0.2, -0.15) is 13.2 Å². The average Bonchev–Trinajstić information content (AvgIpc) is 2.92. The van der Waals surface area contributed by atoms with Gasteiger partial charge >= 0.3 is 6.18 Å². The molecule has 128 valence electrons. The first kappa shape index (κ1) is 18.4. The predicted octanol–water partition coefficient (Wildman–Crippen LogP) is 5.16. The molecule has 1 heterocycles. The Morgan fingerprint density at radius 1 is 1.12 bits per heavy atom. The highest BCUT2D eigenvalue weighted by molar-refractivity contribution is 7.18. The molecule has 1 N–H and O–H groups in total. The van der Waals surface area contributed by atoms with E-state index in [1.54, 1.807) is 6.07 Å². The second-order valence-electron chi connectivity index (χ2n) is 4.77. The Hall–Kier alpha value is -1.93. The monoisotopic (exact) mass is 379 g/mol. The summed E-state index contributed by atoms with van der Waals surface area (Å²) < 4.78 is 51.4. The lowest BCUT2D eigenvalue weighted by atomic mass is 10.1. The quantitative estimate of drug-likeness (QED) is 0.576. The maximum atomic E-state index is 13.2. The summed E-state index contributed by atoms with van der Waals surface area (Å²) in [5.41, 5.74) is -1.66. The van der Waals surface area contributed by atoms with Crippen LogP contribution in [0.1, 0.15) is 28.1 Å². The molecule has 0 aliphatic heterocycles. The number of benzene rings is 1. The maximum Gasteiger partial charge on any atom is 0.419 e. The molecule has 0 aliphatic rings. The van der Waals surface area contributed by atoms with Crippen molar-refractivity contribution in [2.24, 2.45) is 0 Å². The largest absolute Gasteiger partial charge is 0.419 e. The SMILES string of the molecule is O=C(CCC(=O)c1ccc(Cl)s1)Nc1ccc(F)c(C(F)(F)F)c1. The minimum Gasteiger partial charge on any atom is -0.326 e. The summed E-state index contributed by atoms with van der Waals surface area (Å²) in [7, 11) is 0. The molecular formula is C15H10ClF4NO2S. The highest BCUT2D eigenvalue weighted by atomic mass is 35.5. The normalized spacial score (nSPS) is 11.4. The molecule has 1 amide bonds. The molecule has 24 heavy (non-hydrogen) atoms. The van der Waals surface area contributed by atoms with Crippen LogP contribution in [0.25, 0.3) is 0 Å². The van der Waals surface area contributed by atoms with Gasteiger partial charge in [0.25, 0.3) is 0 Å². The number of hydrogen-bond acceptors (Lipinski definition) is 3. The first-order valence-electron chi connectivity index (χ1n) is 6.62. The Morgan fingerprint density at radius 2 is 1.83 bits per heavy atom. The number of thiophene rings is 1. The van der Waals surface area contributed by atoms with E-state index in [0.29, 0.717) is 21.3 Å². The van der Waals surface area contributed by atoms with Crippen LogP contribution in [0.5, 0.6) is 0 Å². The second kappa shape index (κ2) is 7.31. The van der Waals surface area contributed by atoms with Gasteiger partial charge in [0, 0.05) is 18.5 Å². The van der Waals surface area contributed by atoms with E-state index in [1.165, 1.54) is 6.07 Å². The van der Waals surface area contributed by atoms with Crippen molar-refractivity contribution < 1.29 is 27.2 Å².